The smallest absolute Gasteiger partial charge is 0.230 e. The number of amides is 1. The third-order valence-corrected chi connectivity index (χ3v) is 2.32. The maximum Gasteiger partial charge on any atom is 0.230 e. The van der Waals surface area contributed by atoms with Crippen molar-refractivity contribution in [2.24, 2.45) is 5.92 Å². The van der Waals surface area contributed by atoms with Crippen molar-refractivity contribution >= 4 is 5.91 Å². The normalized spacial score (nSPS) is 17.2. The third kappa shape index (κ3) is 1.74. The molecule has 1 aliphatic heterocycles. The summed E-state index contributed by atoms with van der Waals surface area (Å²) in [5.41, 5.74) is 0. The van der Waals surface area contributed by atoms with Gasteiger partial charge in [-0.05, 0) is 18.1 Å². The van der Waals surface area contributed by atoms with Gasteiger partial charge in [0.1, 0.15) is 5.76 Å². The van der Waals surface area contributed by atoms with E-state index < -0.39 is 0 Å². The van der Waals surface area contributed by atoms with E-state index in [0.29, 0.717) is 12.3 Å². The first-order valence-corrected chi connectivity index (χ1v) is 4.56. The highest BCUT2D eigenvalue weighted by molar-refractivity contribution is 5.78. The van der Waals surface area contributed by atoms with E-state index in [1.807, 2.05) is 11.0 Å². The number of hydrogen-bond donors (Lipinski definition) is 0. The van der Waals surface area contributed by atoms with E-state index in [4.69, 9.17) is 4.42 Å². The summed E-state index contributed by atoms with van der Waals surface area (Å²) >= 11 is 0. The van der Waals surface area contributed by atoms with Gasteiger partial charge >= 0.3 is 0 Å². The minimum Gasteiger partial charge on any atom is -0.469 e. The Kier molecular flexibility index (Phi) is 2.08. The standard InChI is InChI=1S/C10H13NO2/c1-8-6-11(7-8)10(12)5-9-3-2-4-13-9/h2-4,8H,5-7H2,1H3. The molecule has 13 heavy (non-hydrogen) atoms. The molecular weight excluding hydrogens is 166 g/mol. The van der Waals surface area contributed by atoms with Crippen LogP contribution in [-0.2, 0) is 11.2 Å². The van der Waals surface area contributed by atoms with Crippen LogP contribution >= 0.6 is 0 Å². The fraction of sp³-hybridized carbons (Fsp3) is 0.500. The van der Waals surface area contributed by atoms with Crippen molar-refractivity contribution in [2.45, 2.75) is 13.3 Å². The number of hydrogen-bond acceptors (Lipinski definition) is 2. The average Bonchev–Trinajstić information content (AvgIpc) is 2.51. The van der Waals surface area contributed by atoms with Crippen molar-refractivity contribution in [3.63, 3.8) is 0 Å². The highest BCUT2D eigenvalue weighted by atomic mass is 16.3. The number of rotatable bonds is 2. The largest absolute Gasteiger partial charge is 0.469 e. The van der Waals surface area contributed by atoms with Crippen LogP contribution in [0.1, 0.15) is 12.7 Å². The molecule has 0 saturated carbocycles. The molecule has 0 aliphatic carbocycles. The van der Waals surface area contributed by atoms with Gasteiger partial charge in [-0.15, -0.1) is 0 Å². The van der Waals surface area contributed by atoms with E-state index in [1.54, 1.807) is 12.3 Å². The topological polar surface area (TPSA) is 33.5 Å². The zero-order valence-corrected chi connectivity index (χ0v) is 7.69. The molecule has 1 amide bonds. The van der Waals surface area contributed by atoms with Crippen molar-refractivity contribution in [3.8, 4) is 0 Å². The second-order valence-corrected chi connectivity index (χ2v) is 3.66. The van der Waals surface area contributed by atoms with E-state index >= 15 is 0 Å². The number of carbonyl (C=O) groups excluding carboxylic acids is 1. The molecule has 0 atom stereocenters. The summed E-state index contributed by atoms with van der Waals surface area (Å²) in [5, 5.41) is 0. The lowest BCUT2D eigenvalue weighted by Crippen LogP contribution is -2.49. The molecule has 70 valence electrons. The van der Waals surface area contributed by atoms with E-state index in [-0.39, 0.29) is 5.91 Å². The van der Waals surface area contributed by atoms with Gasteiger partial charge in [-0.3, -0.25) is 4.79 Å². The van der Waals surface area contributed by atoms with Gasteiger partial charge in [0.05, 0.1) is 12.7 Å². The summed E-state index contributed by atoms with van der Waals surface area (Å²) in [4.78, 5) is 13.4. The van der Waals surface area contributed by atoms with Crippen molar-refractivity contribution in [2.75, 3.05) is 13.1 Å². The Bertz CT molecular complexity index is 286. The van der Waals surface area contributed by atoms with Crippen LogP contribution in [0.15, 0.2) is 22.8 Å². The van der Waals surface area contributed by atoms with Crippen molar-refractivity contribution in [1.29, 1.82) is 0 Å². The quantitative estimate of drug-likeness (QED) is 0.685. The second kappa shape index (κ2) is 3.24. The summed E-state index contributed by atoms with van der Waals surface area (Å²) in [5.74, 6) is 1.60. The van der Waals surface area contributed by atoms with Crippen LogP contribution in [-0.4, -0.2) is 23.9 Å². The molecule has 3 nitrogen and oxygen atoms in total. The minimum atomic E-state index is 0.174. The Balaban J connectivity index is 1.86. The molecular formula is C10H13NO2. The van der Waals surface area contributed by atoms with Crippen LogP contribution in [0.4, 0.5) is 0 Å². The highest BCUT2D eigenvalue weighted by Gasteiger charge is 2.27. The van der Waals surface area contributed by atoms with Crippen LogP contribution in [0.3, 0.4) is 0 Å². The van der Waals surface area contributed by atoms with Crippen molar-refractivity contribution in [1.82, 2.24) is 4.90 Å². The van der Waals surface area contributed by atoms with Gasteiger partial charge in [-0.2, -0.15) is 0 Å². The van der Waals surface area contributed by atoms with Gasteiger partial charge in [0.25, 0.3) is 0 Å². The molecule has 0 N–H and O–H groups in total. The number of likely N-dealkylation sites (tertiary alicyclic amines) is 1. The predicted molar refractivity (Wildman–Crippen MR) is 48.2 cm³/mol. The molecule has 1 saturated heterocycles. The first-order chi connectivity index (χ1) is 6.25. The molecule has 2 heterocycles. The average molecular weight is 179 g/mol. The van der Waals surface area contributed by atoms with E-state index in [1.165, 1.54) is 0 Å². The Labute approximate surface area is 77.3 Å². The Morgan fingerprint density at radius 2 is 2.46 bits per heavy atom. The van der Waals surface area contributed by atoms with Crippen molar-refractivity contribution < 1.29 is 9.21 Å². The first-order valence-electron chi connectivity index (χ1n) is 4.56. The molecule has 1 fully saturated rings. The Hall–Kier alpha value is -1.25. The summed E-state index contributed by atoms with van der Waals surface area (Å²) in [6.45, 7) is 3.95. The molecule has 3 heteroatoms. The second-order valence-electron chi connectivity index (χ2n) is 3.66. The van der Waals surface area contributed by atoms with Crippen LogP contribution in [0, 0.1) is 5.92 Å². The predicted octanol–water partition coefficient (Wildman–Crippen LogP) is 1.30. The van der Waals surface area contributed by atoms with Gasteiger partial charge in [0, 0.05) is 13.1 Å². The lowest BCUT2D eigenvalue weighted by Gasteiger charge is -2.37. The van der Waals surface area contributed by atoms with Gasteiger partial charge < -0.3 is 9.32 Å². The minimum absolute atomic E-state index is 0.174. The summed E-state index contributed by atoms with van der Waals surface area (Å²) in [6, 6.07) is 3.64. The summed E-state index contributed by atoms with van der Waals surface area (Å²) < 4.78 is 5.10. The zero-order valence-electron chi connectivity index (χ0n) is 7.69. The van der Waals surface area contributed by atoms with E-state index in [0.717, 1.165) is 18.8 Å². The molecule has 1 aromatic heterocycles. The summed E-state index contributed by atoms with van der Waals surface area (Å²) in [7, 11) is 0. The maximum absolute atomic E-state index is 11.5. The van der Waals surface area contributed by atoms with Crippen LogP contribution in [0.2, 0.25) is 0 Å². The Morgan fingerprint density at radius 1 is 1.69 bits per heavy atom. The number of carbonyl (C=O) groups is 1. The van der Waals surface area contributed by atoms with Gasteiger partial charge in [0.15, 0.2) is 0 Å². The van der Waals surface area contributed by atoms with Crippen molar-refractivity contribution in [3.05, 3.63) is 24.2 Å². The van der Waals surface area contributed by atoms with E-state index in [9.17, 15) is 4.79 Å². The number of furan rings is 1. The summed E-state index contributed by atoms with van der Waals surface area (Å²) in [6.07, 6.45) is 2.00. The lowest BCUT2D eigenvalue weighted by atomic mass is 10.0. The van der Waals surface area contributed by atoms with Gasteiger partial charge in [-0.25, -0.2) is 0 Å². The van der Waals surface area contributed by atoms with Crippen LogP contribution < -0.4 is 0 Å². The first kappa shape index (κ1) is 8.35. The molecule has 0 radical (unpaired) electrons. The maximum atomic E-state index is 11.5. The van der Waals surface area contributed by atoms with E-state index in [2.05, 4.69) is 6.92 Å². The molecule has 2 rings (SSSR count). The highest BCUT2D eigenvalue weighted by Crippen LogP contribution is 2.15. The lowest BCUT2D eigenvalue weighted by molar-refractivity contribution is -0.136. The zero-order chi connectivity index (χ0) is 9.26. The van der Waals surface area contributed by atoms with Gasteiger partial charge in [-0.1, -0.05) is 6.92 Å². The monoisotopic (exact) mass is 179 g/mol. The Morgan fingerprint density at radius 3 is 3.00 bits per heavy atom. The molecule has 0 aromatic carbocycles. The third-order valence-electron chi connectivity index (χ3n) is 2.32. The molecule has 1 aromatic rings. The van der Waals surface area contributed by atoms with Crippen LogP contribution in [0.25, 0.3) is 0 Å². The molecule has 0 bridgehead atoms. The van der Waals surface area contributed by atoms with Gasteiger partial charge in [0.2, 0.25) is 5.91 Å². The fourth-order valence-corrected chi connectivity index (χ4v) is 1.58. The fourth-order valence-electron chi connectivity index (χ4n) is 1.58. The SMILES string of the molecule is CC1CN(C(=O)Cc2ccco2)C1. The number of nitrogens with zero attached hydrogens (tertiary/aromatic N) is 1. The molecule has 0 unspecified atom stereocenters. The molecule has 0 spiro atoms. The molecule has 1 aliphatic rings. The van der Waals surface area contributed by atoms with Crippen LogP contribution in [0.5, 0.6) is 0 Å².